The summed E-state index contributed by atoms with van der Waals surface area (Å²) in [7, 11) is 0. The number of benzene rings is 1. The van der Waals surface area contributed by atoms with Crippen LogP contribution in [0.2, 0.25) is 0 Å². The van der Waals surface area contributed by atoms with Crippen molar-refractivity contribution in [1.82, 2.24) is 0 Å². The van der Waals surface area contributed by atoms with Gasteiger partial charge in [-0.25, -0.2) is 0 Å². The minimum absolute atomic E-state index is 0.209. The standard InChI is InChI=1S/C19H31NO/c1-5-6-9-13-21-14-12-20-18-11-8-7-10-17(18)16(2)15-19(20,3)4/h7-8,10-11,16H,5-6,9,12-15H2,1-4H3. The monoisotopic (exact) mass is 289 g/mol. The first-order chi connectivity index (χ1) is 10.1. The zero-order valence-electron chi connectivity index (χ0n) is 14.2. The van der Waals surface area contributed by atoms with Crippen LogP contribution >= 0.6 is 0 Å². The smallest absolute Gasteiger partial charge is 0.0641 e. The third kappa shape index (κ3) is 4.00. The van der Waals surface area contributed by atoms with E-state index < -0.39 is 0 Å². The van der Waals surface area contributed by atoms with E-state index in [0.717, 1.165) is 19.8 Å². The SMILES string of the molecule is CCCCCOCCN1c2ccccc2C(C)CC1(C)C. The van der Waals surface area contributed by atoms with Crippen LogP contribution < -0.4 is 4.90 Å². The summed E-state index contributed by atoms with van der Waals surface area (Å²) >= 11 is 0. The first kappa shape index (κ1) is 16.4. The maximum Gasteiger partial charge on any atom is 0.0641 e. The molecule has 0 aromatic heterocycles. The molecule has 0 radical (unpaired) electrons. The summed E-state index contributed by atoms with van der Waals surface area (Å²) < 4.78 is 5.83. The summed E-state index contributed by atoms with van der Waals surface area (Å²) in [6.07, 6.45) is 4.93. The number of rotatable bonds is 7. The fraction of sp³-hybridized carbons (Fsp3) is 0.684. The molecule has 0 N–H and O–H groups in total. The summed E-state index contributed by atoms with van der Waals surface area (Å²) in [6.45, 7) is 12.0. The number of anilines is 1. The molecular formula is C19H31NO. The average Bonchev–Trinajstić information content (AvgIpc) is 2.45. The van der Waals surface area contributed by atoms with Gasteiger partial charge in [0.25, 0.3) is 0 Å². The molecule has 21 heavy (non-hydrogen) atoms. The van der Waals surface area contributed by atoms with Crippen LogP contribution in [0.4, 0.5) is 5.69 Å². The molecule has 118 valence electrons. The van der Waals surface area contributed by atoms with Gasteiger partial charge in [-0.2, -0.15) is 0 Å². The van der Waals surface area contributed by atoms with Crippen molar-refractivity contribution in [3.63, 3.8) is 0 Å². The van der Waals surface area contributed by atoms with Crippen LogP contribution in [0, 0.1) is 0 Å². The van der Waals surface area contributed by atoms with Gasteiger partial charge in [0.1, 0.15) is 0 Å². The number of hydrogen-bond donors (Lipinski definition) is 0. The van der Waals surface area contributed by atoms with Crippen LogP contribution in [0.25, 0.3) is 0 Å². The van der Waals surface area contributed by atoms with Crippen molar-refractivity contribution in [2.45, 2.75) is 64.8 Å². The summed E-state index contributed by atoms with van der Waals surface area (Å²) in [6, 6.07) is 8.86. The van der Waals surface area contributed by atoms with Gasteiger partial charge >= 0.3 is 0 Å². The Kier molecular flexibility index (Phi) is 5.69. The van der Waals surface area contributed by atoms with Gasteiger partial charge in [0.2, 0.25) is 0 Å². The summed E-state index contributed by atoms with van der Waals surface area (Å²) in [4.78, 5) is 2.54. The van der Waals surface area contributed by atoms with Crippen LogP contribution in [-0.4, -0.2) is 25.3 Å². The van der Waals surface area contributed by atoms with Gasteiger partial charge in [-0.05, 0) is 44.2 Å². The van der Waals surface area contributed by atoms with Crippen molar-refractivity contribution in [2.24, 2.45) is 0 Å². The molecule has 0 amide bonds. The molecule has 0 spiro atoms. The molecule has 1 atom stereocenters. The number of fused-ring (bicyclic) bond motifs is 1. The Hall–Kier alpha value is -1.02. The van der Waals surface area contributed by atoms with Crippen LogP contribution in [0.1, 0.15) is 64.9 Å². The Labute approximate surface area is 130 Å². The minimum atomic E-state index is 0.209. The lowest BCUT2D eigenvalue weighted by molar-refractivity contribution is 0.131. The van der Waals surface area contributed by atoms with Gasteiger partial charge in [0, 0.05) is 24.4 Å². The Morgan fingerprint density at radius 3 is 2.71 bits per heavy atom. The van der Waals surface area contributed by atoms with Gasteiger partial charge < -0.3 is 9.64 Å². The average molecular weight is 289 g/mol. The normalized spacial score (nSPS) is 20.4. The molecule has 2 rings (SSSR count). The molecule has 1 aliphatic rings. The predicted octanol–water partition coefficient (Wildman–Crippen LogP) is 4.99. The molecule has 2 heteroatoms. The van der Waals surface area contributed by atoms with E-state index in [4.69, 9.17) is 4.74 Å². The van der Waals surface area contributed by atoms with Crippen LogP contribution in [0.5, 0.6) is 0 Å². The third-order valence-electron chi connectivity index (χ3n) is 4.65. The van der Waals surface area contributed by atoms with E-state index in [0.29, 0.717) is 5.92 Å². The second-order valence-electron chi connectivity index (χ2n) is 6.95. The quantitative estimate of drug-likeness (QED) is 0.656. The lowest BCUT2D eigenvalue weighted by Crippen LogP contribution is -2.49. The Balaban J connectivity index is 1.98. The largest absolute Gasteiger partial charge is 0.380 e. The molecule has 0 bridgehead atoms. The van der Waals surface area contributed by atoms with Crippen LogP contribution in [-0.2, 0) is 4.74 Å². The topological polar surface area (TPSA) is 12.5 Å². The maximum atomic E-state index is 5.83. The fourth-order valence-electron chi connectivity index (χ4n) is 3.58. The highest BCUT2D eigenvalue weighted by molar-refractivity contribution is 5.59. The van der Waals surface area contributed by atoms with E-state index in [1.54, 1.807) is 0 Å². The summed E-state index contributed by atoms with van der Waals surface area (Å²) in [5.74, 6) is 0.637. The van der Waals surface area contributed by atoms with Gasteiger partial charge in [-0.3, -0.25) is 0 Å². The highest BCUT2D eigenvalue weighted by Crippen LogP contribution is 2.42. The van der Waals surface area contributed by atoms with Gasteiger partial charge in [-0.1, -0.05) is 44.9 Å². The Morgan fingerprint density at radius 2 is 1.95 bits per heavy atom. The number of nitrogens with zero attached hydrogens (tertiary/aromatic N) is 1. The fourth-order valence-corrected chi connectivity index (χ4v) is 3.58. The number of para-hydroxylation sites is 1. The molecule has 0 saturated carbocycles. The third-order valence-corrected chi connectivity index (χ3v) is 4.65. The Morgan fingerprint density at radius 1 is 1.19 bits per heavy atom. The minimum Gasteiger partial charge on any atom is -0.380 e. The number of unbranched alkanes of at least 4 members (excludes halogenated alkanes) is 2. The van der Waals surface area contributed by atoms with E-state index >= 15 is 0 Å². The van der Waals surface area contributed by atoms with Crippen molar-refractivity contribution in [1.29, 1.82) is 0 Å². The molecule has 1 unspecified atom stereocenters. The first-order valence-electron chi connectivity index (χ1n) is 8.50. The van der Waals surface area contributed by atoms with Gasteiger partial charge in [0.05, 0.1) is 6.61 Å². The first-order valence-corrected chi connectivity index (χ1v) is 8.50. The molecule has 1 aromatic carbocycles. The summed E-state index contributed by atoms with van der Waals surface area (Å²) in [5, 5.41) is 0. The molecule has 2 nitrogen and oxygen atoms in total. The number of hydrogen-bond acceptors (Lipinski definition) is 2. The van der Waals surface area contributed by atoms with E-state index in [-0.39, 0.29) is 5.54 Å². The van der Waals surface area contributed by atoms with Crippen molar-refractivity contribution >= 4 is 5.69 Å². The highest BCUT2D eigenvalue weighted by Gasteiger charge is 2.35. The van der Waals surface area contributed by atoms with Gasteiger partial charge in [0.15, 0.2) is 0 Å². The van der Waals surface area contributed by atoms with Gasteiger partial charge in [-0.15, -0.1) is 0 Å². The lowest BCUT2D eigenvalue weighted by atomic mass is 9.80. The molecule has 1 aromatic rings. The molecule has 1 heterocycles. The molecule has 0 fully saturated rings. The van der Waals surface area contributed by atoms with Crippen molar-refractivity contribution in [3.05, 3.63) is 29.8 Å². The zero-order chi connectivity index (χ0) is 15.3. The van der Waals surface area contributed by atoms with Crippen LogP contribution in [0.3, 0.4) is 0 Å². The summed E-state index contributed by atoms with van der Waals surface area (Å²) in [5.41, 5.74) is 3.10. The number of ether oxygens (including phenoxy) is 1. The lowest BCUT2D eigenvalue weighted by Gasteiger charge is -2.47. The molecule has 0 saturated heterocycles. The Bertz CT molecular complexity index is 441. The molecule has 1 aliphatic heterocycles. The van der Waals surface area contributed by atoms with E-state index in [9.17, 15) is 0 Å². The molecular weight excluding hydrogens is 258 g/mol. The van der Waals surface area contributed by atoms with E-state index in [1.807, 2.05) is 0 Å². The molecule has 0 aliphatic carbocycles. The zero-order valence-corrected chi connectivity index (χ0v) is 14.2. The second kappa shape index (κ2) is 7.31. The van der Waals surface area contributed by atoms with E-state index in [2.05, 4.69) is 56.9 Å². The maximum absolute atomic E-state index is 5.83. The van der Waals surface area contributed by atoms with Crippen molar-refractivity contribution in [3.8, 4) is 0 Å². The predicted molar refractivity (Wildman–Crippen MR) is 91.2 cm³/mol. The van der Waals surface area contributed by atoms with Crippen LogP contribution in [0.15, 0.2) is 24.3 Å². The van der Waals surface area contributed by atoms with Crippen molar-refractivity contribution < 1.29 is 4.74 Å². The highest BCUT2D eigenvalue weighted by atomic mass is 16.5. The van der Waals surface area contributed by atoms with Crippen molar-refractivity contribution in [2.75, 3.05) is 24.7 Å². The second-order valence-corrected chi connectivity index (χ2v) is 6.95. The van der Waals surface area contributed by atoms with E-state index in [1.165, 1.54) is 36.9 Å².